The van der Waals surface area contributed by atoms with Gasteiger partial charge in [-0.05, 0) is 74.3 Å². The maximum atomic E-state index is 6.36. The van der Waals surface area contributed by atoms with E-state index in [4.69, 9.17) is 17.3 Å². The van der Waals surface area contributed by atoms with E-state index < -0.39 is 0 Å². The van der Waals surface area contributed by atoms with Gasteiger partial charge in [-0.3, -0.25) is 0 Å². The molecule has 2 N–H and O–H groups in total. The van der Waals surface area contributed by atoms with Gasteiger partial charge in [0.15, 0.2) is 0 Å². The molecule has 3 atom stereocenters. The van der Waals surface area contributed by atoms with E-state index in [1.54, 1.807) is 0 Å². The van der Waals surface area contributed by atoms with E-state index in [-0.39, 0.29) is 24.0 Å². The van der Waals surface area contributed by atoms with E-state index in [9.17, 15) is 0 Å². The predicted molar refractivity (Wildman–Crippen MR) is 81.0 cm³/mol. The third-order valence-corrected chi connectivity index (χ3v) is 6.16. The average Bonchev–Trinajstić information content (AvgIpc) is 2.74. The van der Waals surface area contributed by atoms with Crippen LogP contribution in [0.25, 0.3) is 0 Å². The Balaban J connectivity index is 0.00000121. The van der Waals surface area contributed by atoms with Gasteiger partial charge in [-0.15, -0.1) is 17.5 Å². The van der Waals surface area contributed by atoms with E-state index in [2.05, 4.69) is 21.7 Å². The van der Waals surface area contributed by atoms with Gasteiger partial charge in [-0.1, -0.05) is 0 Å². The molecule has 0 radical (unpaired) electrons. The Bertz CT molecular complexity index is 499. The van der Waals surface area contributed by atoms with Crippen LogP contribution in [0.5, 0.6) is 0 Å². The fourth-order valence-electron chi connectivity index (χ4n) is 5.56. The Kier molecular flexibility index (Phi) is 3.35. The van der Waals surface area contributed by atoms with Crippen molar-refractivity contribution in [2.24, 2.45) is 23.0 Å². The number of nitrogens with zero attached hydrogens (tertiary/aromatic N) is 3. The normalized spacial score (nSPS) is 43.4. The molecule has 0 spiro atoms. The van der Waals surface area contributed by atoms with E-state index in [0.29, 0.717) is 10.7 Å². The molecule has 4 bridgehead atoms. The van der Waals surface area contributed by atoms with Crippen molar-refractivity contribution in [3.8, 4) is 0 Å². The summed E-state index contributed by atoms with van der Waals surface area (Å²) in [5, 5.41) is 4.79. The Hall–Kier alpha value is -0.320. The molecule has 4 aliphatic carbocycles. The molecule has 1 aromatic rings. The second-order valence-corrected chi connectivity index (χ2v) is 7.63. The Morgan fingerprint density at radius 3 is 2.50 bits per heavy atom. The highest BCUT2D eigenvalue weighted by molar-refractivity contribution is 6.28. The van der Waals surface area contributed by atoms with Gasteiger partial charge in [0.1, 0.15) is 6.33 Å². The molecule has 6 heteroatoms. The summed E-state index contributed by atoms with van der Waals surface area (Å²) >= 11 is 5.93. The zero-order valence-electron chi connectivity index (χ0n) is 11.8. The molecule has 20 heavy (non-hydrogen) atoms. The molecule has 1 heterocycles. The maximum Gasteiger partial charge on any atom is 0.242 e. The van der Waals surface area contributed by atoms with Gasteiger partial charge >= 0.3 is 0 Å². The smallest absolute Gasteiger partial charge is 0.242 e. The summed E-state index contributed by atoms with van der Waals surface area (Å²) in [6.45, 7) is 2.19. The van der Waals surface area contributed by atoms with Crippen LogP contribution in [0.3, 0.4) is 0 Å². The lowest BCUT2D eigenvalue weighted by molar-refractivity contribution is -0.114. The van der Waals surface area contributed by atoms with Crippen LogP contribution in [0.4, 0.5) is 0 Å². The van der Waals surface area contributed by atoms with Crippen LogP contribution in [-0.2, 0) is 5.54 Å². The van der Waals surface area contributed by atoms with Crippen molar-refractivity contribution in [3.05, 3.63) is 11.6 Å². The molecule has 0 saturated heterocycles. The van der Waals surface area contributed by atoms with Crippen molar-refractivity contribution in [3.63, 3.8) is 0 Å². The van der Waals surface area contributed by atoms with Crippen molar-refractivity contribution in [2.75, 3.05) is 0 Å². The van der Waals surface area contributed by atoms with Crippen LogP contribution in [0, 0.1) is 17.3 Å². The SMILES string of the molecule is CC(N)C12CC3CC(C1)CC(n1cnc(Cl)n1)(C3)C2.Cl. The summed E-state index contributed by atoms with van der Waals surface area (Å²) in [7, 11) is 0. The largest absolute Gasteiger partial charge is 0.327 e. The fraction of sp³-hybridized carbons (Fsp3) is 0.857. The van der Waals surface area contributed by atoms with Crippen LogP contribution in [0.1, 0.15) is 45.4 Å². The molecule has 112 valence electrons. The number of halogens is 2. The minimum atomic E-state index is 0. The Morgan fingerprint density at radius 1 is 1.35 bits per heavy atom. The lowest BCUT2D eigenvalue weighted by Crippen LogP contribution is -2.61. The van der Waals surface area contributed by atoms with Gasteiger partial charge in [-0.25, -0.2) is 9.67 Å². The van der Waals surface area contributed by atoms with Crippen molar-refractivity contribution in [1.29, 1.82) is 0 Å². The first-order chi connectivity index (χ1) is 9.01. The van der Waals surface area contributed by atoms with Gasteiger partial charge in [0, 0.05) is 6.04 Å². The number of nitrogens with two attached hydrogens (primary N) is 1. The first kappa shape index (κ1) is 14.6. The highest BCUT2D eigenvalue weighted by atomic mass is 35.5. The summed E-state index contributed by atoms with van der Waals surface area (Å²) in [5.74, 6) is 1.63. The van der Waals surface area contributed by atoms with Gasteiger partial charge in [-0.2, -0.15) is 0 Å². The molecule has 0 aliphatic heterocycles. The van der Waals surface area contributed by atoms with Gasteiger partial charge in [0.2, 0.25) is 5.28 Å². The lowest BCUT2D eigenvalue weighted by atomic mass is 9.45. The minimum Gasteiger partial charge on any atom is -0.327 e. The predicted octanol–water partition coefficient (Wildman–Crippen LogP) is 3.00. The van der Waals surface area contributed by atoms with Crippen LogP contribution in [0.2, 0.25) is 5.28 Å². The van der Waals surface area contributed by atoms with Crippen molar-refractivity contribution < 1.29 is 0 Å². The number of hydrogen-bond donors (Lipinski definition) is 1. The average molecular weight is 317 g/mol. The first-order valence-electron chi connectivity index (χ1n) is 7.35. The zero-order valence-corrected chi connectivity index (χ0v) is 13.3. The highest BCUT2D eigenvalue weighted by Crippen LogP contribution is 2.64. The molecule has 4 fully saturated rings. The van der Waals surface area contributed by atoms with E-state index >= 15 is 0 Å². The highest BCUT2D eigenvalue weighted by Gasteiger charge is 2.59. The summed E-state index contributed by atoms with van der Waals surface area (Å²) in [4.78, 5) is 4.13. The lowest BCUT2D eigenvalue weighted by Gasteiger charge is -2.63. The van der Waals surface area contributed by atoms with Crippen LogP contribution < -0.4 is 5.73 Å². The summed E-state index contributed by atoms with van der Waals surface area (Å²) < 4.78 is 2.06. The number of hydrogen-bond acceptors (Lipinski definition) is 3. The van der Waals surface area contributed by atoms with E-state index in [1.165, 1.54) is 32.1 Å². The van der Waals surface area contributed by atoms with Crippen molar-refractivity contribution in [2.45, 2.75) is 57.0 Å². The van der Waals surface area contributed by atoms with Gasteiger partial charge < -0.3 is 5.73 Å². The third-order valence-electron chi connectivity index (χ3n) is 5.99. The second kappa shape index (κ2) is 4.59. The van der Waals surface area contributed by atoms with E-state index in [1.807, 2.05) is 6.33 Å². The Morgan fingerprint density at radius 2 is 2.00 bits per heavy atom. The third kappa shape index (κ3) is 1.92. The zero-order chi connectivity index (χ0) is 13.3. The van der Waals surface area contributed by atoms with E-state index in [0.717, 1.165) is 18.3 Å². The molecule has 1 aromatic heterocycles. The summed E-state index contributed by atoms with van der Waals surface area (Å²) in [5.41, 5.74) is 6.82. The molecule has 5 rings (SSSR count). The molecule has 3 unspecified atom stereocenters. The summed E-state index contributed by atoms with van der Waals surface area (Å²) in [6, 6.07) is 0.275. The monoisotopic (exact) mass is 316 g/mol. The summed E-state index contributed by atoms with van der Waals surface area (Å²) in [6.07, 6.45) is 9.46. The molecule has 4 nitrogen and oxygen atoms in total. The Labute approximate surface area is 130 Å². The minimum absolute atomic E-state index is 0. The van der Waals surface area contributed by atoms with Gasteiger partial charge in [0.05, 0.1) is 5.54 Å². The van der Waals surface area contributed by atoms with Crippen molar-refractivity contribution >= 4 is 24.0 Å². The van der Waals surface area contributed by atoms with Crippen LogP contribution in [0.15, 0.2) is 6.33 Å². The molecule has 0 amide bonds. The fourth-order valence-corrected chi connectivity index (χ4v) is 5.68. The number of rotatable bonds is 2. The molecular formula is C14H22Cl2N4. The number of aromatic nitrogens is 3. The van der Waals surface area contributed by atoms with Crippen LogP contribution in [-0.4, -0.2) is 20.8 Å². The van der Waals surface area contributed by atoms with Crippen LogP contribution >= 0.6 is 24.0 Å². The van der Waals surface area contributed by atoms with Gasteiger partial charge in [0.25, 0.3) is 0 Å². The molecule has 4 aliphatic rings. The van der Waals surface area contributed by atoms with Crippen molar-refractivity contribution in [1.82, 2.24) is 14.8 Å². The molecule has 0 aromatic carbocycles. The maximum absolute atomic E-state index is 6.36. The molecular weight excluding hydrogens is 295 g/mol. The quantitative estimate of drug-likeness (QED) is 0.912. The standard InChI is InChI=1S/C14H21ClN4.ClH/c1-9(16)13-3-10-2-11(4-13)6-14(5-10,7-13)19-8-17-12(15)18-19;/h8-11H,2-7,16H2,1H3;1H. The molecule has 4 saturated carbocycles. The first-order valence-corrected chi connectivity index (χ1v) is 7.72. The topological polar surface area (TPSA) is 56.7 Å². The second-order valence-electron chi connectivity index (χ2n) is 7.29.